The molecule has 0 spiro atoms. The van der Waals surface area contributed by atoms with E-state index in [2.05, 4.69) is 20.4 Å². The van der Waals surface area contributed by atoms with Gasteiger partial charge in [0.05, 0.1) is 27.9 Å². The molecule has 0 saturated carbocycles. The molecule has 0 radical (unpaired) electrons. The normalized spacial score (nSPS) is 11.7. The lowest BCUT2D eigenvalue weighted by molar-refractivity contribution is -0.113. The minimum Gasteiger partial charge on any atom is -0.325 e. The molecule has 4 aromatic rings. The van der Waals surface area contributed by atoms with Gasteiger partial charge in [-0.05, 0) is 36.4 Å². The van der Waals surface area contributed by atoms with E-state index in [1.54, 1.807) is 10.9 Å². The molecular weight excluding hydrogens is 460 g/mol. The molecule has 12 heteroatoms. The van der Waals surface area contributed by atoms with Crippen molar-refractivity contribution in [1.29, 1.82) is 0 Å². The van der Waals surface area contributed by atoms with Gasteiger partial charge in [-0.15, -0.1) is 0 Å². The summed E-state index contributed by atoms with van der Waals surface area (Å²) in [6.45, 7) is 0. The number of alkyl halides is 2. The Morgan fingerprint density at radius 3 is 2.47 bits per heavy atom. The zero-order valence-corrected chi connectivity index (χ0v) is 17.9. The van der Waals surface area contributed by atoms with Crippen LogP contribution in [-0.4, -0.2) is 45.6 Å². The van der Waals surface area contributed by atoms with Crippen LogP contribution in [0.4, 0.5) is 14.5 Å². The summed E-state index contributed by atoms with van der Waals surface area (Å²) >= 11 is 1.19. The van der Waals surface area contributed by atoms with Crippen LogP contribution >= 0.6 is 11.8 Å². The van der Waals surface area contributed by atoms with Crippen LogP contribution in [0.3, 0.4) is 0 Å². The molecule has 2 heterocycles. The Kier molecular flexibility index (Phi) is 6.15. The van der Waals surface area contributed by atoms with Gasteiger partial charge in [-0.25, -0.2) is 23.1 Å². The number of aromatic nitrogens is 4. The second-order valence-electron chi connectivity index (χ2n) is 6.47. The fourth-order valence-electron chi connectivity index (χ4n) is 2.86. The first-order valence-corrected chi connectivity index (χ1v) is 11.7. The molecule has 0 atom stereocenters. The first-order valence-electron chi connectivity index (χ1n) is 9.15. The van der Waals surface area contributed by atoms with Crippen molar-refractivity contribution in [2.45, 2.75) is 15.7 Å². The van der Waals surface area contributed by atoms with Gasteiger partial charge in [-0.3, -0.25) is 4.79 Å². The fraction of sp³-hybridized carbons (Fsp3) is 0.100. The maximum atomic E-state index is 12.6. The van der Waals surface area contributed by atoms with E-state index in [0.29, 0.717) is 16.1 Å². The first kappa shape index (κ1) is 21.8. The standard InChI is InChI=1S/C20H15F2N5O3S2/c21-20(22)32(29,30)15-8-6-13(7-9-15)26-17(28)11-31-19-16-10-25-27(18(16)23-12-24-19)14-4-2-1-3-5-14/h1-10,12,20H,11H2,(H,26,28). The van der Waals surface area contributed by atoms with Gasteiger partial charge < -0.3 is 5.32 Å². The number of amides is 1. The van der Waals surface area contributed by atoms with Gasteiger partial charge in [-0.1, -0.05) is 30.0 Å². The second-order valence-corrected chi connectivity index (χ2v) is 9.36. The average Bonchev–Trinajstić information content (AvgIpc) is 3.23. The molecule has 0 unspecified atom stereocenters. The fourth-order valence-corrected chi connectivity index (χ4v) is 4.34. The molecular formula is C20H15F2N5O3S2. The van der Waals surface area contributed by atoms with Crippen LogP contribution in [0.15, 0.2) is 77.0 Å². The number of para-hydroxylation sites is 1. The number of halogens is 2. The lowest BCUT2D eigenvalue weighted by Gasteiger charge is -2.07. The first-order chi connectivity index (χ1) is 15.4. The zero-order chi connectivity index (χ0) is 22.7. The van der Waals surface area contributed by atoms with Gasteiger partial charge >= 0.3 is 5.76 Å². The van der Waals surface area contributed by atoms with Crippen molar-refractivity contribution in [1.82, 2.24) is 19.7 Å². The minimum absolute atomic E-state index is 0.0136. The predicted molar refractivity (Wildman–Crippen MR) is 116 cm³/mol. The highest BCUT2D eigenvalue weighted by Gasteiger charge is 2.26. The quantitative estimate of drug-likeness (QED) is 0.322. The van der Waals surface area contributed by atoms with E-state index in [9.17, 15) is 22.0 Å². The predicted octanol–water partition coefficient (Wildman–Crippen LogP) is 3.54. The summed E-state index contributed by atoms with van der Waals surface area (Å²) in [5.41, 5.74) is 1.73. The van der Waals surface area contributed by atoms with Gasteiger partial charge in [0, 0.05) is 5.69 Å². The molecule has 32 heavy (non-hydrogen) atoms. The molecule has 0 saturated heterocycles. The van der Waals surface area contributed by atoms with Crippen LogP contribution in [0.2, 0.25) is 0 Å². The van der Waals surface area contributed by atoms with E-state index in [4.69, 9.17) is 0 Å². The number of hydrogen-bond donors (Lipinski definition) is 1. The molecule has 0 aliphatic carbocycles. The van der Waals surface area contributed by atoms with Gasteiger partial charge in [0.15, 0.2) is 5.65 Å². The number of nitrogens with zero attached hydrogens (tertiary/aromatic N) is 4. The molecule has 4 rings (SSSR count). The van der Waals surface area contributed by atoms with E-state index in [1.807, 2.05) is 30.3 Å². The van der Waals surface area contributed by atoms with Crippen molar-refractivity contribution < 1.29 is 22.0 Å². The van der Waals surface area contributed by atoms with Crippen LogP contribution in [0.25, 0.3) is 16.7 Å². The third-order valence-corrected chi connectivity index (χ3v) is 6.77. The third-order valence-electron chi connectivity index (χ3n) is 4.37. The van der Waals surface area contributed by atoms with Gasteiger partial charge in [-0.2, -0.15) is 13.9 Å². The number of sulfone groups is 1. The van der Waals surface area contributed by atoms with Crippen LogP contribution < -0.4 is 5.32 Å². The van der Waals surface area contributed by atoms with E-state index < -0.39 is 20.5 Å². The van der Waals surface area contributed by atoms with Crippen molar-refractivity contribution in [3.63, 3.8) is 0 Å². The molecule has 1 N–H and O–H groups in total. The highest BCUT2D eigenvalue weighted by Crippen LogP contribution is 2.26. The van der Waals surface area contributed by atoms with Gasteiger partial charge in [0.25, 0.3) is 0 Å². The van der Waals surface area contributed by atoms with Crippen LogP contribution in [0.5, 0.6) is 0 Å². The molecule has 8 nitrogen and oxygen atoms in total. The molecule has 2 aromatic carbocycles. The summed E-state index contributed by atoms with van der Waals surface area (Å²) < 4.78 is 49.8. The highest BCUT2D eigenvalue weighted by molar-refractivity contribution is 8.00. The Morgan fingerprint density at radius 1 is 1.06 bits per heavy atom. The Balaban J connectivity index is 1.44. The average molecular weight is 476 g/mol. The number of benzene rings is 2. The molecule has 164 valence electrons. The number of carbonyl (C=O) groups is 1. The molecule has 0 bridgehead atoms. The number of fused-ring (bicyclic) bond motifs is 1. The Morgan fingerprint density at radius 2 is 1.78 bits per heavy atom. The minimum atomic E-state index is -4.68. The number of nitrogens with one attached hydrogen (secondary N) is 1. The van der Waals surface area contributed by atoms with Crippen molar-refractivity contribution in [3.8, 4) is 5.69 Å². The maximum absolute atomic E-state index is 12.6. The van der Waals surface area contributed by atoms with E-state index in [-0.39, 0.29) is 17.3 Å². The maximum Gasteiger partial charge on any atom is 0.341 e. The summed E-state index contributed by atoms with van der Waals surface area (Å²) in [6.07, 6.45) is 3.02. The number of rotatable bonds is 7. The van der Waals surface area contributed by atoms with Crippen molar-refractivity contribution in [2.75, 3.05) is 11.1 Å². The number of carbonyl (C=O) groups excluding carboxylic acids is 1. The van der Waals surface area contributed by atoms with Crippen LogP contribution in [0.1, 0.15) is 0 Å². The molecule has 0 aliphatic heterocycles. The van der Waals surface area contributed by atoms with E-state index in [1.165, 1.54) is 30.2 Å². The van der Waals surface area contributed by atoms with Gasteiger partial charge in [0.1, 0.15) is 11.4 Å². The van der Waals surface area contributed by atoms with Crippen molar-refractivity contribution in [3.05, 3.63) is 67.1 Å². The Labute approximate surface area is 185 Å². The summed E-state index contributed by atoms with van der Waals surface area (Å²) in [6, 6.07) is 14.0. The van der Waals surface area contributed by atoms with Gasteiger partial charge in [0.2, 0.25) is 15.7 Å². The molecule has 2 aromatic heterocycles. The number of anilines is 1. The monoisotopic (exact) mass is 475 g/mol. The van der Waals surface area contributed by atoms with E-state index in [0.717, 1.165) is 17.8 Å². The number of hydrogen-bond acceptors (Lipinski definition) is 7. The number of thioether (sulfide) groups is 1. The summed E-state index contributed by atoms with van der Waals surface area (Å²) in [7, 11) is -4.68. The molecule has 0 aliphatic rings. The highest BCUT2D eigenvalue weighted by atomic mass is 32.2. The summed E-state index contributed by atoms with van der Waals surface area (Å²) in [5.74, 6) is -3.86. The van der Waals surface area contributed by atoms with E-state index >= 15 is 0 Å². The second kappa shape index (κ2) is 9.01. The Hall–Kier alpha value is -3.38. The van der Waals surface area contributed by atoms with Crippen molar-refractivity contribution >= 4 is 44.2 Å². The third kappa shape index (κ3) is 4.46. The summed E-state index contributed by atoms with van der Waals surface area (Å²) in [4.78, 5) is 20.3. The Bertz CT molecular complexity index is 1360. The lowest BCUT2D eigenvalue weighted by atomic mass is 10.3. The summed E-state index contributed by atoms with van der Waals surface area (Å²) in [5, 5.41) is 8.22. The van der Waals surface area contributed by atoms with Crippen LogP contribution in [-0.2, 0) is 14.6 Å². The lowest BCUT2D eigenvalue weighted by Crippen LogP contribution is -2.15. The zero-order valence-electron chi connectivity index (χ0n) is 16.2. The van der Waals surface area contributed by atoms with Crippen molar-refractivity contribution in [2.24, 2.45) is 0 Å². The SMILES string of the molecule is O=C(CSc1ncnc2c1cnn2-c1ccccc1)Nc1ccc(S(=O)(=O)C(F)F)cc1. The smallest absolute Gasteiger partial charge is 0.325 e. The topological polar surface area (TPSA) is 107 Å². The molecule has 0 fully saturated rings. The van der Waals surface area contributed by atoms with Crippen LogP contribution in [0, 0.1) is 0 Å². The molecule has 1 amide bonds. The largest absolute Gasteiger partial charge is 0.341 e.